The Morgan fingerprint density at radius 2 is 1.79 bits per heavy atom. The predicted octanol–water partition coefficient (Wildman–Crippen LogP) is 4.24. The molecule has 6 heteroatoms. The molecule has 0 saturated carbocycles. The topological polar surface area (TPSA) is 76.7 Å². The summed E-state index contributed by atoms with van der Waals surface area (Å²) in [6.45, 7) is 4.52. The number of allylic oxidation sites excluding steroid dienone is 1. The maximum absolute atomic E-state index is 12.9. The van der Waals surface area contributed by atoms with E-state index in [-0.39, 0.29) is 12.6 Å². The van der Waals surface area contributed by atoms with Crippen LogP contribution in [0.2, 0.25) is 0 Å². The number of urea groups is 1. The molecule has 1 heterocycles. The zero-order chi connectivity index (χ0) is 20.6. The SMILES string of the molecule is CCCCOc1ccccc1C1NC(=O)NC(C)=C1C(=O)OCc1ccccc1. The van der Waals surface area contributed by atoms with Gasteiger partial charge in [-0.3, -0.25) is 0 Å². The van der Waals surface area contributed by atoms with Crippen LogP contribution in [0, 0.1) is 0 Å². The molecular formula is C23H26N2O4. The van der Waals surface area contributed by atoms with E-state index in [0.29, 0.717) is 23.6 Å². The first-order valence-electron chi connectivity index (χ1n) is 9.81. The number of hydrogen-bond donors (Lipinski definition) is 2. The van der Waals surface area contributed by atoms with E-state index < -0.39 is 12.0 Å². The molecule has 6 nitrogen and oxygen atoms in total. The number of rotatable bonds is 8. The van der Waals surface area contributed by atoms with Gasteiger partial charge in [-0.05, 0) is 25.0 Å². The van der Waals surface area contributed by atoms with Crippen molar-refractivity contribution in [1.82, 2.24) is 10.6 Å². The summed E-state index contributed by atoms with van der Waals surface area (Å²) in [7, 11) is 0. The Labute approximate surface area is 170 Å². The van der Waals surface area contributed by atoms with Gasteiger partial charge in [0.15, 0.2) is 0 Å². The minimum Gasteiger partial charge on any atom is -0.493 e. The molecule has 1 atom stereocenters. The quantitative estimate of drug-likeness (QED) is 0.519. The lowest BCUT2D eigenvalue weighted by Crippen LogP contribution is -2.45. The first-order valence-corrected chi connectivity index (χ1v) is 9.81. The normalized spacial score (nSPS) is 16.1. The van der Waals surface area contributed by atoms with E-state index in [1.807, 2.05) is 54.6 Å². The third-order valence-corrected chi connectivity index (χ3v) is 4.69. The number of para-hydroxylation sites is 1. The standard InChI is InChI=1S/C23H26N2O4/c1-3-4-14-28-19-13-9-8-12-18(19)21-20(16(2)24-23(27)25-21)22(26)29-15-17-10-6-5-7-11-17/h5-13,21H,3-4,14-15H2,1-2H3,(H2,24,25,27). The fourth-order valence-corrected chi connectivity index (χ4v) is 3.18. The van der Waals surface area contributed by atoms with Gasteiger partial charge >= 0.3 is 12.0 Å². The number of carbonyl (C=O) groups excluding carboxylic acids is 2. The monoisotopic (exact) mass is 394 g/mol. The van der Waals surface area contributed by atoms with E-state index in [1.165, 1.54) is 0 Å². The fourth-order valence-electron chi connectivity index (χ4n) is 3.18. The second kappa shape index (κ2) is 9.78. The molecule has 29 heavy (non-hydrogen) atoms. The minimum atomic E-state index is -0.648. The molecule has 152 valence electrons. The Hall–Kier alpha value is -3.28. The summed E-state index contributed by atoms with van der Waals surface area (Å²) in [6.07, 6.45) is 1.94. The van der Waals surface area contributed by atoms with Gasteiger partial charge < -0.3 is 20.1 Å². The van der Waals surface area contributed by atoms with Crippen LogP contribution in [0.4, 0.5) is 4.79 Å². The highest BCUT2D eigenvalue weighted by Crippen LogP contribution is 2.33. The third-order valence-electron chi connectivity index (χ3n) is 4.69. The molecule has 0 radical (unpaired) electrons. The van der Waals surface area contributed by atoms with E-state index in [2.05, 4.69) is 17.6 Å². The van der Waals surface area contributed by atoms with E-state index in [0.717, 1.165) is 24.0 Å². The Morgan fingerprint density at radius 3 is 2.55 bits per heavy atom. The second-order valence-electron chi connectivity index (χ2n) is 6.87. The van der Waals surface area contributed by atoms with Gasteiger partial charge in [-0.2, -0.15) is 0 Å². The van der Waals surface area contributed by atoms with Gasteiger partial charge in [-0.15, -0.1) is 0 Å². The Kier molecular flexibility index (Phi) is 6.89. The molecule has 0 spiro atoms. The molecule has 1 aliphatic heterocycles. The van der Waals surface area contributed by atoms with Crippen LogP contribution in [0.5, 0.6) is 5.75 Å². The Bertz CT molecular complexity index is 893. The van der Waals surface area contributed by atoms with Crippen molar-refractivity contribution in [3.8, 4) is 5.75 Å². The summed E-state index contributed by atoms with van der Waals surface area (Å²) < 4.78 is 11.4. The smallest absolute Gasteiger partial charge is 0.338 e. The van der Waals surface area contributed by atoms with Crippen LogP contribution in [0.1, 0.15) is 43.9 Å². The van der Waals surface area contributed by atoms with Crippen LogP contribution in [0.25, 0.3) is 0 Å². The first-order chi connectivity index (χ1) is 14.1. The number of amides is 2. The molecule has 2 amide bonds. The molecule has 0 bridgehead atoms. The number of unbranched alkanes of at least 4 members (excludes halogenated alkanes) is 1. The van der Waals surface area contributed by atoms with Crippen LogP contribution in [-0.2, 0) is 16.1 Å². The van der Waals surface area contributed by atoms with Gasteiger partial charge in [-0.1, -0.05) is 61.9 Å². The maximum atomic E-state index is 12.9. The summed E-state index contributed by atoms with van der Waals surface area (Å²) in [6, 6.07) is 15.9. The molecular weight excluding hydrogens is 368 g/mol. The van der Waals surface area contributed by atoms with Gasteiger partial charge in [0.05, 0.1) is 18.2 Å². The van der Waals surface area contributed by atoms with E-state index in [1.54, 1.807) is 6.92 Å². The molecule has 0 fully saturated rings. The Balaban J connectivity index is 1.85. The highest BCUT2D eigenvalue weighted by atomic mass is 16.5. The van der Waals surface area contributed by atoms with Crippen LogP contribution in [-0.4, -0.2) is 18.6 Å². The number of nitrogens with one attached hydrogen (secondary N) is 2. The number of hydrogen-bond acceptors (Lipinski definition) is 4. The summed E-state index contributed by atoms with van der Waals surface area (Å²) >= 11 is 0. The van der Waals surface area contributed by atoms with Crippen molar-refractivity contribution < 1.29 is 19.1 Å². The van der Waals surface area contributed by atoms with Crippen molar-refractivity contribution in [2.45, 2.75) is 39.3 Å². The molecule has 0 saturated heterocycles. The number of carbonyl (C=O) groups is 2. The molecule has 2 aromatic carbocycles. The first kappa shape index (κ1) is 20.5. The largest absolute Gasteiger partial charge is 0.493 e. The Morgan fingerprint density at radius 1 is 1.07 bits per heavy atom. The van der Waals surface area contributed by atoms with E-state index in [9.17, 15) is 9.59 Å². The molecule has 1 aliphatic rings. The molecule has 2 aromatic rings. The van der Waals surface area contributed by atoms with Gasteiger partial charge in [0.25, 0.3) is 0 Å². The molecule has 2 N–H and O–H groups in total. The van der Waals surface area contributed by atoms with Crippen LogP contribution in [0.3, 0.4) is 0 Å². The lowest BCUT2D eigenvalue weighted by Gasteiger charge is -2.29. The van der Waals surface area contributed by atoms with Crippen LogP contribution >= 0.6 is 0 Å². The lowest BCUT2D eigenvalue weighted by molar-refractivity contribution is -0.140. The van der Waals surface area contributed by atoms with Crippen molar-refractivity contribution in [3.63, 3.8) is 0 Å². The van der Waals surface area contributed by atoms with Crippen molar-refractivity contribution >= 4 is 12.0 Å². The summed E-state index contributed by atoms with van der Waals surface area (Å²) in [5.74, 6) is 0.168. The van der Waals surface area contributed by atoms with Crippen LogP contribution in [0.15, 0.2) is 65.9 Å². The highest BCUT2D eigenvalue weighted by Gasteiger charge is 2.33. The van der Waals surface area contributed by atoms with Crippen LogP contribution < -0.4 is 15.4 Å². The second-order valence-corrected chi connectivity index (χ2v) is 6.87. The molecule has 0 aromatic heterocycles. The number of esters is 1. The average Bonchev–Trinajstić information content (AvgIpc) is 2.73. The predicted molar refractivity (Wildman–Crippen MR) is 110 cm³/mol. The zero-order valence-corrected chi connectivity index (χ0v) is 16.7. The average molecular weight is 394 g/mol. The van der Waals surface area contributed by atoms with Crippen molar-refractivity contribution in [2.24, 2.45) is 0 Å². The molecule has 0 aliphatic carbocycles. The minimum absolute atomic E-state index is 0.158. The van der Waals surface area contributed by atoms with Gasteiger partial charge in [0, 0.05) is 11.3 Å². The van der Waals surface area contributed by atoms with Gasteiger partial charge in [0.1, 0.15) is 12.4 Å². The number of benzene rings is 2. The van der Waals surface area contributed by atoms with E-state index >= 15 is 0 Å². The summed E-state index contributed by atoms with van der Waals surface area (Å²) in [5.41, 5.74) is 2.46. The summed E-state index contributed by atoms with van der Waals surface area (Å²) in [5, 5.41) is 5.50. The zero-order valence-electron chi connectivity index (χ0n) is 16.7. The molecule has 3 rings (SSSR count). The van der Waals surface area contributed by atoms with Crippen molar-refractivity contribution in [2.75, 3.05) is 6.61 Å². The summed E-state index contributed by atoms with van der Waals surface area (Å²) in [4.78, 5) is 25.1. The van der Waals surface area contributed by atoms with Gasteiger partial charge in [0.2, 0.25) is 0 Å². The van der Waals surface area contributed by atoms with E-state index in [4.69, 9.17) is 9.47 Å². The van der Waals surface area contributed by atoms with Crippen molar-refractivity contribution in [3.05, 3.63) is 77.0 Å². The lowest BCUT2D eigenvalue weighted by atomic mass is 9.95. The van der Waals surface area contributed by atoms with Crippen molar-refractivity contribution in [1.29, 1.82) is 0 Å². The third kappa shape index (κ3) is 5.16. The highest BCUT2D eigenvalue weighted by molar-refractivity contribution is 5.95. The number of ether oxygens (including phenoxy) is 2. The maximum Gasteiger partial charge on any atom is 0.338 e. The van der Waals surface area contributed by atoms with Gasteiger partial charge in [-0.25, -0.2) is 9.59 Å². The fraction of sp³-hybridized carbons (Fsp3) is 0.304. The molecule has 1 unspecified atom stereocenters.